The summed E-state index contributed by atoms with van der Waals surface area (Å²) in [5.41, 5.74) is 26.2. The molecule has 0 aromatic heterocycles. The quantitative estimate of drug-likeness (QED) is 0.141. The molecule has 12 atom stereocenters. The van der Waals surface area contributed by atoms with Crippen molar-refractivity contribution >= 4 is 77.8 Å². The van der Waals surface area contributed by atoms with Crippen molar-refractivity contribution in [2.75, 3.05) is 19.6 Å². The number of rotatable bonds is 8. The highest BCUT2D eigenvalue weighted by atomic mass is 15.3. The Labute approximate surface area is 618 Å². The second kappa shape index (κ2) is 22.2. The highest BCUT2D eigenvalue weighted by Crippen LogP contribution is 2.69. The summed E-state index contributed by atoms with van der Waals surface area (Å²) in [6.07, 6.45) is 14.4. The van der Waals surface area contributed by atoms with Gasteiger partial charge in [0.25, 0.3) is 0 Å². The van der Waals surface area contributed by atoms with Gasteiger partial charge in [0.15, 0.2) is 0 Å². The Kier molecular flexibility index (Phi) is 13.8. The summed E-state index contributed by atoms with van der Waals surface area (Å²) in [6, 6.07) is 91.9. The van der Waals surface area contributed by atoms with Gasteiger partial charge in [-0.3, -0.25) is 0 Å². The predicted octanol–water partition coefficient (Wildman–Crippen LogP) is 27.2. The molecule has 4 fully saturated rings. The summed E-state index contributed by atoms with van der Waals surface area (Å²) in [5.74, 6) is 1.98. The van der Waals surface area contributed by atoms with Gasteiger partial charge in [0.05, 0.1) is 22.2 Å². The molecule has 4 heterocycles. The average Bonchev–Trinajstić information content (AvgIpc) is 1.66. The topological polar surface area (TPSA) is 13.0 Å². The second-order valence-electron chi connectivity index (χ2n) is 35.7. The van der Waals surface area contributed by atoms with Gasteiger partial charge >= 0.3 is 0 Å². The number of hydrogen-bond acceptors (Lipinski definition) is 4. The monoisotopic (exact) mass is 1360 g/mol. The van der Waals surface area contributed by atoms with Gasteiger partial charge in [-0.2, -0.15) is 0 Å². The van der Waals surface area contributed by atoms with Crippen LogP contribution in [0.5, 0.6) is 0 Å². The number of benzene rings is 12. The van der Waals surface area contributed by atoms with Gasteiger partial charge in [-0.15, -0.1) is 0 Å². The maximum Gasteiger partial charge on any atom is 0.0543 e. The van der Waals surface area contributed by atoms with Crippen molar-refractivity contribution in [1.82, 2.24) is 0 Å². The van der Waals surface area contributed by atoms with Crippen LogP contribution in [-0.2, 0) is 21.7 Å². The third-order valence-corrected chi connectivity index (χ3v) is 31.9. The van der Waals surface area contributed by atoms with E-state index in [1.807, 2.05) is 0 Å². The minimum Gasteiger partial charge on any atom is -0.334 e. The largest absolute Gasteiger partial charge is 0.334 e. The minimum absolute atomic E-state index is 0.0809. The van der Waals surface area contributed by atoms with E-state index in [4.69, 9.17) is 0 Å². The van der Waals surface area contributed by atoms with Crippen molar-refractivity contribution in [3.63, 3.8) is 0 Å². The normalized spacial score (nSPS) is 30.8. The van der Waals surface area contributed by atoms with E-state index in [0.717, 1.165) is 25.7 Å². The first-order valence-corrected chi connectivity index (χ1v) is 40.0. The lowest BCUT2D eigenvalue weighted by Crippen LogP contribution is -2.59. The molecule has 12 aromatic rings. The van der Waals surface area contributed by atoms with Crippen molar-refractivity contribution in [3.8, 4) is 44.5 Å². The summed E-state index contributed by atoms with van der Waals surface area (Å²) in [4.78, 5) is 11.1. The van der Waals surface area contributed by atoms with Crippen LogP contribution in [0.15, 0.2) is 231 Å². The summed E-state index contributed by atoms with van der Waals surface area (Å²) in [5, 5.41) is 8.03. The smallest absolute Gasteiger partial charge is 0.0543 e. The summed E-state index contributed by atoms with van der Waals surface area (Å²) < 4.78 is 0. The van der Waals surface area contributed by atoms with Crippen LogP contribution in [-0.4, -0.2) is 22.2 Å². The first-order chi connectivity index (χ1) is 50.2. The first-order valence-electron chi connectivity index (χ1n) is 40.0. The zero-order valence-electron chi connectivity index (χ0n) is 63.5. The van der Waals surface area contributed by atoms with Crippen LogP contribution >= 0.6 is 0 Å². The van der Waals surface area contributed by atoms with Crippen molar-refractivity contribution < 1.29 is 0 Å². The molecule has 0 radical (unpaired) electrons. The van der Waals surface area contributed by atoms with E-state index in [1.54, 1.807) is 0 Å². The fourth-order valence-electron chi connectivity index (χ4n) is 25.1. The van der Waals surface area contributed by atoms with E-state index < -0.39 is 0 Å². The Morgan fingerprint density at radius 2 is 0.462 bits per heavy atom. The predicted molar refractivity (Wildman–Crippen MR) is 441 cm³/mol. The van der Waals surface area contributed by atoms with Crippen LogP contribution in [0.2, 0.25) is 0 Å². The average molecular weight is 1360 g/mol. The zero-order valence-corrected chi connectivity index (χ0v) is 63.5. The van der Waals surface area contributed by atoms with Gasteiger partial charge in [-0.05, 0) is 311 Å². The molecule has 4 aliphatic heterocycles. The van der Waals surface area contributed by atoms with Crippen LogP contribution < -0.4 is 19.6 Å². The number of hydrogen-bond donors (Lipinski definition) is 0. The van der Waals surface area contributed by atoms with E-state index in [9.17, 15) is 0 Å². The molecule has 104 heavy (non-hydrogen) atoms. The van der Waals surface area contributed by atoms with E-state index in [1.165, 1.54) is 196 Å². The van der Waals surface area contributed by atoms with Crippen LogP contribution in [0.4, 0.5) is 45.5 Å². The Balaban J connectivity index is 0.880. The maximum absolute atomic E-state index is 2.76. The summed E-state index contributed by atoms with van der Waals surface area (Å²) in [7, 11) is 0. The third-order valence-electron chi connectivity index (χ3n) is 31.9. The second-order valence-corrected chi connectivity index (χ2v) is 35.7. The van der Waals surface area contributed by atoms with E-state index in [0.29, 0.717) is 23.7 Å². The first kappa shape index (κ1) is 64.5. The molecule has 0 N–H and O–H groups in total. The van der Waals surface area contributed by atoms with Crippen molar-refractivity contribution in [2.24, 2.45) is 23.7 Å². The van der Waals surface area contributed by atoms with Crippen molar-refractivity contribution in [2.45, 2.75) is 204 Å². The van der Waals surface area contributed by atoms with Gasteiger partial charge in [0.2, 0.25) is 0 Å². The Morgan fingerprint density at radius 1 is 0.250 bits per heavy atom. The lowest BCUT2D eigenvalue weighted by atomic mass is 9.57. The number of fused-ring (bicyclic) bond motifs is 12. The molecule has 8 aliphatic rings. The van der Waals surface area contributed by atoms with Crippen LogP contribution in [0.1, 0.15) is 182 Å². The van der Waals surface area contributed by atoms with E-state index >= 15 is 0 Å². The Hall–Kier alpha value is -9.12. The van der Waals surface area contributed by atoms with Gasteiger partial charge in [-0.25, -0.2) is 0 Å². The molecule has 4 heteroatoms. The van der Waals surface area contributed by atoms with E-state index in [-0.39, 0.29) is 43.8 Å². The van der Waals surface area contributed by atoms with Crippen molar-refractivity contribution in [3.05, 3.63) is 253 Å². The minimum atomic E-state index is -0.112. The number of para-hydroxylation sites is 4. The number of anilines is 8. The molecular formula is C100H102N4. The molecule has 522 valence electrons. The van der Waals surface area contributed by atoms with Crippen LogP contribution in [0, 0.1) is 23.7 Å². The maximum atomic E-state index is 2.76. The van der Waals surface area contributed by atoms with Gasteiger partial charge < -0.3 is 19.6 Å². The molecule has 0 amide bonds. The zero-order chi connectivity index (χ0) is 71.0. The standard InChI is InChI=1S/C100H102N4/c1-63-29-25-53-93(5)83-57-67(41-49-87(83)101(97(63,93)9)71-33-17-13-18-34-71)79-61-80(68-42-50-88-84(58-68)94(6)54-26-30-64(2)98(94,10)102(88)72-35-19-14-20-36-72)76-47-48-78-82(70-44-52-90-86(60-70)96(8)56-28-32-66(4)100(96,12)104(90)74-39-23-16-24-40-74)62-81(77-46-45-75(79)91(76)92(77)78)69-43-51-89-85(59-69)95(7)55-27-31-65(3)99(95,11)103(89)73-37-21-15-22-38-73/h13-24,33-52,57-66H,25-32,53-56H2,1-12H3. The molecule has 12 aromatic carbocycles. The molecule has 0 saturated heterocycles. The molecule has 4 nitrogen and oxygen atoms in total. The fraction of sp³-hybridized carbons (Fsp3) is 0.360. The van der Waals surface area contributed by atoms with E-state index in [2.05, 4.69) is 333 Å². The highest BCUT2D eigenvalue weighted by Gasteiger charge is 2.65. The SMILES string of the molecule is CC1CCCC2(C)c3cc(-c4cc(-c5ccc6c(c5)C5(C)CCCC(C)C5(C)N6c5ccccc5)c5ccc6c(-c7ccc8c(c7)C7(C)CCCC(C)C7(C)N8c7ccccc7)cc(-c7ccc8c(c7)C7(C)CCCC(C)C7(C)N8c7ccccc7)c7ccc4c5c76)ccc3N(c3ccccc3)C12C. The lowest BCUT2D eigenvalue weighted by molar-refractivity contribution is 0.130. The highest BCUT2D eigenvalue weighted by molar-refractivity contribution is 6.32. The molecule has 4 saturated carbocycles. The summed E-state index contributed by atoms with van der Waals surface area (Å²) >= 11 is 0. The molecule has 0 spiro atoms. The summed E-state index contributed by atoms with van der Waals surface area (Å²) in [6.45, 7) is 31.0. The van der Waals surface area contributed by atoms with Crippen molar-refractivity contribution in [1.29, 1.82) is 0 Å². The molecule has 12 unspecified atom stereocenters. The van der Waals surface area contributed by atoms with Crippen LogP contribution in [0.25, 0.3) is 76.8 Å². The molecule has 20 rings (SSSR count). The Bertz CT molecular complexity index is 4820. The molecule has 4 aliphatic carbocycles. The molecule has 0 bridgehead atoms. The Morgan fingerprint density at radius 3 is 0.673 bits per heavy atom. The fourth-order valence-corrected chi connectivity index (χ4v) is 25.1. The van der Waals surface area contributed by atoms with Gasteiger partial charge in [0.1, 0.15) is 0 Å². The third kappa shape index (κ3) is 8.01. The van der Waals surface area contributed by atoms with Crippen LogP contribution in [0.3, 0.4) is 0 Å². The van der Waals surface area contributed by atoms with Gasteiger partial charge in [-0.1, -0.05) is 202 Å². The number of nitrogens with zero attached hydrogens (tertiary/aromatic N) is 4. The van der Waals surface area contributed by atoms with Gasteiger partial charge in [0, 0.05) is 67.2 Å². The molecular weight excluding hydrogens is 1260 g/mol. The lowest BCUT2D eigenvalue weighted by Gasteiger charge is -2.54.